The first-order valence-electron chi connectivity index (χ1n) is 6.69. The molecule has 5 aliphatic rings. The average Bonchev–Trinajstić information content (AvgIpc) is 2.67. The fraction of sp³-hybridized carbons (Fsp3) is 0.733. The minimum atomic E-state index is 0. The number of hydrogen-bond acceptors (Lipinski definition) is 0. The van der Waals surface area contributed by atoms with Crippen molar-refractivity contribution in [2.75, 3.05) is 0 Å². The van der Waals surface area contributed by atoms with Crippen molar-refractivity contribution in [1.82, 2.24) is 0 Å². The van der Waals surface area contributed by atoms with E-state index in [0.717, 1.165) is 23.7 Å². The fourth-order valence-electron chi connectivity index (χ4n) is 5.43. The summed E-state index contributed by atoms with van der Waals surface area (Å²) in [4.78, 5) is 0. The van der Waals surface area contributed by atoms with E-state index in [9.17, 15) is 0 Å². The molecule has 0 aromatic carbocycles. The molecule has 4 saturated carbocycles. The van der Waals surface area contributed by atoms with E-state index >= 15 is 0 Å². The monoisotopic (exact) mass is 208 g/mol. The van der Waals surface area contributed by atoms with Crippen molar-refractivity contribution >= 4 is 0 Å². The smallest absolute Gasteiger partial charge is 1.00 e. The first kappa shape index (κ1) is 11.2. The molecule has 4 bridgehead atoms. The van der Waals surface area contributed by atoms with Crippen LogP contribution in [0.15, 0.2) is 24.3 Å². The molecule has 0 heterocycles. The largest absolute Gasteiger partial charge is 1.00 e. The molecule has 0 radical (unpaired) electrons. The van der Waals surface area contributed by atoms with Gasteiger partial charge in [0.05, 0.1) is 0 Å². The predicted molar refractivity (Wildman–Crippen MR) is 63.5 cm³/mol. The van der Waals surface area contributed by atoms with Crippen LogP contribution in [0.4, 0.5) is 0 Å². The third-order valence-electron chi connectivity index (χ3n) is 5.54. The van der Waals surface area contributed by atoms with Gasteiger partial charge < -0.3 is 1.43 Å². The average molecular weight is 208 g/mol. The summed E-state index contributed by atoms with van der Waals surface area (Å²) in [6.45, 7) is 0. The van der Waals surface area contributed by atoms with E-state index in [-0.39, 0.29) is 20.3 Å². The van der Waals surface area contributed by atoms with E-state index in [1.807, 2.05) is 0 Å². The quantitative estimate of drug-likeness (QED) is 0.565. The molecule has 0 saturated heterocycles. The molecule has 5 aliphatic carbocycles. The van der Waals surface area contributed by atoms with Crippen LogP contribution in [0.5, 0.6) is 0 Å². The zero-order chi connectivity index (χ0) is 9.88. The molecule has 0 unspecified atom stereocenters. The molecule has 0 aromatic rings. The van der Waals surface area contributed by atoms with Gasteiger partial charge in [-0.2, -0.15) is 0 Å². The van der Waals surface area contributed by atoms with Gasteiger partial charge in [-0.3, -0.25) is 0 Å². The van der Waals surface area contributed by atoms with Crippen LogP contribution in [0, 0.1) is 29.1 Å². The molecule has 5 rings (SSSR count). The molecule has 0 atom stereocenters. The van der Waals surface area contributed by atoms with Gasteiger partial charge in [-0.15, -0.1) is 0 Å². The van der Waals surface area contributed by atoms with E-state index in [1.165, 1.54) is 0 Å². The van der Waals surface area contributed by atoms with E-state index in [0.29, 0.717) is 5.41 Å². The van der Waals surface area contributed by atoms with Crippen molar-refractivity contribution < 1.29 is 20.3 Å². The maximum Gasteiger partial charge on any atom is 1.00 e. The minimum Gasteiger partial charge on any atom is -1.00 e. The van der Waals surface area contributed by atoms with Crippen molar-refractivity contribution in [3.63, 3.8) is 0 Å². The molecule has 4 fully saturated rings. The standard InChI is InChI=1S/C15H20.Li.H/c1-2-4-14(3-1)15-8-11-5-12(9-15)7-13(6-11)10-15;;/h1-4,11-14H,5-10H2;;/q;+1;-1. The van der Waals surface area contributed by atoms with E-state index in [4.69, 9.17) is 0 Å². The Hall–Kier alpha value is 0.0774. The maximum absolute atomic E-state index is 2.47. The van der Waals surface area contributed by atoms with Crippen LogP contribution >= 0.6 is 0 Å². The molecule has 16 heavy (non-hydrogen) atoms. The Kier molecular flexibility index (Phi) is 2.65. The Labute approximate surface area is 112 Å². The van der Waals surface area contributed by atoms with E-state index < -0.39 is 0 Å². The SMILES string of the molecule is C1=CC(C23CC4CC(CC(C4)C2)C3)C=C1.[H-].[Li+]. The van der Waals surface area contributed by atoms with Crippen molar-refractivity contribution in [2.24, 2.45) is 29.1 Å². The molecule has 0 nitrogen and oxygen atoms in total. The Morgan fingerprint density at radius 2 is 1.25 bits per heavy atom. The van der Waals surface area contributed by atoms with Crippen LogP contribution in [0.1, 0.15) is 40.0 Å². The summed E-state index contributed by atoms with van der Waals surface area (Å²) in [5.41, 5.74) is 0.707. The number of hydrogen-bond donors (Lipinski definition) is 0. The summed E-state index contributed by atoms with van der Waals surface area (Å²) < 4.78 is 0. The Bertz CT molecular complexity index is 298. The summed E-state index contributed by atoms with van der Waals surface area (Å²) in [5, 5.41) is 0. The van der Waals surface area contributed by atoms with Gasteiger partial charge in [-0.05, 0) is 61.7 Å². The molecule has 0 aliphatic heterocycles. The molecule has 0 spiro atoms. The molecule has 0 N–H and O–H groups in total. The minimum absolute atomic E-state index is 0. The van der Waals surface area contributed by atoms with Crippen LogP contribution in [0.2, 0.25) is 0 Å². The van der Waals surface area contributed by atoms with Crippen LogP contribution in [0.25, 0.3) is 0 Å². The zero-order valence-corrected chi connectivity index (χ0v) is 10.4. The maximum atomic E-state index is 2.47. The molecule has 0 aromatic heterocycles. The van der Waals surface area contributed by atoms with Crippen molar-refractivity contribution in [3.05, 3.63) is 24.3 Å². The van der Waals surface area contributed by atoms with Gasteiger partial charge in [0, 0.05) is 5.92 Å². The molecular formula is C15H21Li. The fourth-order valence-corrected chi connectivity index (χ4v) is 5.43. The van der Waals surface area contributed by atoms with Crippen LogP contribution in [0.3, 0.4) is 0 Å². The predicted octanol–water partition coefficient (Wildman–Crippen LogP) is 1.06. The third-order valence-corrected chi connectivity index (χ3v) is 5.54. The molecule has 82 valence electrons. The second kappa shape index (κ2) is 3.79. The van der Waals surface area contributed by atoms with Gasteiger partial charge in [-0.25, -0.2) is 0 Å². The first-order chi connectivity index (χ1) is 7.34. The summed E-state index contributed by atoms with van der Waals surface area (Å²) in [5.74, 6) is 4.09. The summed E-state index contributed by atoms with van der Waals surface area (Å²) in [6.07, 6.45) is 18.8. The molecular weight excluding hydrogens is 187 g/mol. The van der Waals surface area contributed by atoms with Gasteiger partial charge in [0.2, 0.25) is 0 Å². The topological polar surface area (TPSA) is 0 Å². The summed E-state index contributed by atoms with van der Waals surface area (Å²) >= 11 is 0. The summed E-state index contributed by atoms with van der Waals surface area (Å²) in [7, 11) is 0. The van der Waals surface area contributed by atoms with Crippen molar-refractivity contribution in [1.29, 1.82) is 0 Å². The molecule has 1 heteroatoms. The van der Waals surface area contributed by atoms with Crippen molar-refractivity contribution in [2.45, 2.75) is 38.5 Å². The number of allylic oxidation sites excluding steroid dienone is 4. The number of rotatable bonds is 1. The van der Waals surface area contributed by atoms with Crippen LogP contribution < -0.4 is 18.9 Å². The van der Waals surface area contributed by atoms with E-state index in [2.05, 4.69) is 24.3 Å². The van der Waals surface area contributed by atoms with Crippen LogP contribution in [-0.2, 0) is 0 Å². The third kappa shape index (κ3) is 1.50. The zero-order valence-electron chi connectivity index (χ0n) is 11.4. The van der Waals surface area contributed by atoms with Gasteiger partial charge >= 0.3 is 18.9 Å². The van der Waals surface area contributed by atoms with E-state index in [1.54, 1.807) is 38.5 Å². The van der Waals surface area contributed by atoms with Gasteiger partial charge in [0.1, 0.15) is 0 Å². The first-order valence-corrected chi connectivity index (χ1v) is 6.69. The van der Waals surface area contributed by atoms with Crippen molar-refractivity contribution in [3.8, 4) is 0 Å². The Morgan fingerprint density at radius 3 is 1.69 bits per heavy atom. The second-order valence-corrected chi connectivity index (χ2v) is 6.58. The normalized spacial score (nSPS) is 48.6. The Balaban J connectivity index is 0.000000540. The summed E-state index contributed by atoms with van der Waals surface area (Å²) in [6, 6.07) is 0. The van der Waals surface area contributed by atoms with Crippen LogP contribution in [-0.4, -0.2) is 0 Å². The molecule has 0 amide bonds. The van der Waals surface area contributed by atoms with Gasteiger partial charge in [0.15, 0.2) is 0 Å². The second-order valence-electron chi connectivity index (χ2n) is 6.58. The van der Waals surface area contributed by atoms with Gasteiger partial charge in [-0.1, -0.05) is 24.3 Å². The Morgan fingerprint density at radius 1 is 0.812 bits per heavy atom. The van der Waals surface area contributed by atoms with Gasteiger partial charge in [0.25, 0.3) is 0 Å².